The van der Waals surface area contributed by atoms with Gasteiger partial charge in [-0.2, -0.15) is 5.10 Å². The van der Waals surface area contributed by atoms with Crippen molar-refractivity contribution in [3.63, 3.8) is 0 Å². The molecule has 0 aliphatic carbocycles. The maximum Gasteiger partial charge on any atom is 0.342 e. The topological polar surface area (TPSA) is 121 Å². The van der Waals surface area contributed by atoms with Gasteiger partial charge in [0.15, 0.2) is 5.03 Å². The molecule has 0 spiro atoms. The Bertz CT molecular complexity index is 577. The fourth-order valence-corrected chi connectivity index (χ4v) is 2.88. The zero-order chi connectivity index (χ0) is 15.6. The summed E-state index contributed by atoms with van der Waals surface area (Å²) in [6.45, 7) is 6.24. The second kappa shape index (κ2) is 5.90. The van der Waals surface area contributed by atoms with Crippen molar-refractivity contribution in [2.45, 2.75) is 44.4 Å². The number of ether oxygens (including phenoxy) is 1. The second-order valence-corrected chi connectivity index (χ2v) is 6.46. The zero-order valence-electron chi connectivity index (χ0n) is 11.8. The lowest BCUT2D eigenvalue weighted by atomic mass is 10.0. The molecule has 0 aliphatic heterocycles. The summed E-state index contributed by atoms with van der Waals surface area (Å²) in [6.07, 6.45) is 0.160. The van der Waals surface area contributed by atoms with Gasteiger partial charge in [0.05, 0.1) is 24.4 Å². The van der Waals surface area contributed by atoms with Gasteiger partial charge in [0.1, 0.15) is 5.56 Å². The van der Waals surface area contributed by atoms with Crippen LogP contribution in [0.1, 0.15) is 38.1 Å². The molecule has 1 rings (SSSR count). The Morgan fingerprint density at radius 2 is 2.20 bits per heavy atom. The van der Waals surface area contributed by atoms with Crippen LogP contribution in [0.25, 0.3) is 0 Å². The van der Waals surface area contributed by atoms with Crippen LogP contribution in [-0.2, 0) is 14.8 Å². The molecule has 0 aliphatic rings. The lowest BCUT2D eigenvalue weighted by molar-refractivity contribution is 0.0521. The minimum absolute atomic E-state index is 0.121. The van der Waals surface area contributed by atoms with Gasteiger partial charge in [-0.1, -0.05) is 0 Å². The summed E-state index contributed by atoms with van der Waals surface area (Å²) in [6, 6.07) is 0. The van der Waals surface area contributed by atoms with Crippen molar-refractivity contribution in [3.8, 4) is 0 Å². The maximum atomic E-state index is 12.2. The van der Waals surface area contributed by atoms with Gasteiger partial charge in [-0.05, 0) is 27.7 Å². The molecule has 0 radical (unpaired) electrons. The van der Waals surface area contributed by atoms with Crippen molar-refractivity contribution >= 4 is 16.0 Å². The van der Waals surface area contributed by atoms with Gasteiger partial charge in [-0.25, -0.2) is 17.9 Å². The van der Waals surface area contributed by atoms with Crippen LogP contribution in [0.4, 0.5) is 0 Å². The summed E-state index contributed by atoms with van der Waals surface area (Å²) in [7, 11) is -4.04. The molecule has 114 valence electrons. The van der Waals surface area contributed by atoms with E-state index in [1.54, 1.807) is 6.92 Å². The van der Waals surface area contributed by atoms with Gasteiger partial charge in [0, 0.05) is 0 Å². The molecule has 3 N–H and O–H groups in total. The Balaban J connectivity index is 3.12. The van der Waals surface area contributed by atoms with Crippen LogP contribution in [0.3, 0.4) is 0 Å². The van der Waals surface area contributed by atoms with E-state index in [0.717, 1.165) is 6.20 Å². The standard InChI is InChI=1S/C11H19N3O5S/c1-5-19-10(16)8-6-12-13-9(8)20(17,18)14-11(3,4)7(2)15/h6-7,14-15H,5H2,1-4H3,(H,12,13). The van der Waals surface area contributed by atoms with Crippen molar-refractivity contribution in [1.82, 2.24) is 14.9 Å². The van der Waals surface area contributed by atoms with Crippen LogP contribution in [0.15, 0.2) is 11.2 Å². The van der Waals surface area contributed by atoms with E-state index in [2.05, 4.69) is 14.9 Å². The van der Waals surface area contributed by atoms with Crippen molar-refractivity contribution in [3.05, 3.63) is 11.8 Å². The normalized spacial score (nSPS) is 14.1. The first-order chi connectivity index (χ1) is 9.12. The number of hydrogen-bond donors (Lipinski definition) is 3. The number of nitrogens with one attached hydrogen (secondary N) is 2. The Morgan fingerprint density at radius 3 is 2.70 bits per heavy atom. The molecule has 20 heavy (non-hydrogen) atoms. The number of hydrogen-bond acceptors (Lipinski definition) is 6. The number of aromatic nitrogens is 2. The lowest BCUT2D eigenvalue weighted by Crippen LogP contribution is -2.51. The van der Waals surface area contributed by atoms with Gasteiger partial charge in [-0.3, -0.25) is 5.10 Å². The molecule has 0 amide bonds. The van der Waals surface area contributed by atoms with Crippen molar-refractivity contribution in [1.29, 1.82) is 0 Å². The SMILES string of the molecule is CCOC(=O)c1cn[nH]c1S(=O)(=O)NC(C)(C)C(C)O. The molecule has 0 aromatic carbocycles. The minimum atomic E-state index is -4.04. The van der Waals surface area contributed by atoms with Gasteiger partial charge in [0.25, 0.3) is 10.0 Å². The molecular formula is C11H19N3O5S. The fraction of sp³-hybridized carbons (Fsp3) is 0.636. The molecule has 1 unspecified atom stereocenters. The molecule has 1 heterocycles. The first-order valence-corrected chi connectivity index (χ1v) is 7.52. The fourth-order valence-electron chi connectivity index (χ4n) is 1.32. The summed E-state index contributed by atoms with van der Waals surface area (Å²) in [4.78, 5) is 11.6. The number of aliphatic hydroxyl groups excluding tert-OH is 1. The number of aliphatic hydroxyl groups is 1. The molecule has 1 aromatic rings. The van der Waals surface area contributed by atoms with Gasteiger partial charge in [0.2, 0.25) is 0 Å². The Labute approximate surface area is 117 Å². The highest BCUT2D eigenvalue weighted by Gasteiger charge is 2.34. The average molecular weight is 305 g/mol. The van der Waals surface area contributed by atoms with Gasteiger partial charge in [-0.15, -0.1) is 0 Å². The molecule has 9 heteroatoms. The Hall–Kier alpha value is -1.45. The number of aromatic amines is 1. The third kappa shape index (κ3) is 3.56. The predicted molar refractivity (Wildman–Crippen MR) is 70.6 cm³/mol. The zero-order valence-corrected chi connectivity index (χ0v) is 12.6. The third-order valence-corrected chi connectivity index (χ3v) is 4.45. The van der Waals surface area contributed by atoms with Crippen LogP contribution in [0, 0.1) is 0 Å². The monoisotopic (exact) mass is 305 g/mol. The van der Waals surface area contributed by atoms with E-state index in [9.17, 15) is 18.3 Å². The van der Waals surface area contributed by atoms with Crippen LogP contribution in [-0.4, -0.2) is 47.9 Å². The van der Waals surface area contributed by atoms with Crippen LogP contribution >= 0.6 is 0 Å². The predicted octanol–water partition coefficient (Wildman–Crippen LogP) is 0.0241. The summed E-state index contributed by atoms with van der Waals surface area (Å²) in [5.41, 5.74) is -1.28. The molecule has 0 saturated carbocycles. The van der Waals surface area contributed by atoms with E-state index in [1.807, 2.05) is 0 Å². The molecule has 0 bridgehead atoms. The van der Waals surface area contributed by atoms with E-state index in [4.69, 9.17) is 4.74 Å². The highest BCUT2D eigenvalue weighted by atomic mass is 32.2. The molecule has 1 aromatic heterocycles. The average Bonchev–Trinajstić information content (AvgIpc) is 2.77. The molecule has 0 fully saturated rings. The first kappa shape index (κ1) is 16.6. The number of esters is 1. The first-order valence-electron chi connectivity index (χ1n) is 6.04. The van der Waals surface area contributed by atoms with E-state index >= 15 is 0 Å². The van der Waals surface area contributed by atoms with E-state index in [0.29, 0.717) is 0 Å². The number of rotatable bonds is 6. The number of carbonyl (C=O) groups is 1. The number of sulfonamides is 1. The van der Waals surface area contributed by atoms with Crippen LogP contribution < -0.4 is 4.72 Å². The summed E-state index contributed by atoms with van der Waals surface area (Å²) in [5.74, 6) is -0.781. The maximum absolute atomic E-state index is 12.2. The van der Waals surface area contributed by atoms with E-state index in [1.165, 1.54) is 20.8 Å². The smallest absolute Gasteiger partial charge is 0.342 e. The van der Waals surface area contributed by atoms with Crippen LogP contribution in [0.5, 0.6) is 0 Å². The number of H-pyrrole nitrogens is 1. The summed E-state index contributed by atoms with van der Waals surface area (Å²) < 4.78 is 31.6. The number of nitrogens with zero attached hydrogens (tertiary/aromatic N) is 1. The molecule has 0 saturated heterocycles. The molecule has 1 atom stereocenters. The van der Waals surface area contributed by atoms with Gasteiger partial charge < -0.3 is 9.84 Å². The van der Waals surface area contributed by atoms with E-state index in [-0.39, 0.29) is 17.2 Å². The largest absolute Gasteiger partial charge is 0.462 e. The lowest BCUT2D eigenvalue weighted by Gasteiger charge is -2.28. The minimum Gasteiger partial charge on any atom is -0.462 e. The molecular weight excluding hydrogens is 286 g/mol. The molecule has 8 nitrogen and oxygen atoms in total. The van der Waals surface area contributed by atoms with Crippen molar-refractivity contribution < 1.29 is 23.1 Å². The summed E-state index contributed by atoms with van der Waals surface area (Å²) >= 11 is 0. The Morgan fingerprint density at radius 1 is 1.60 bits per heavy atom. The van der Waals surface area contributed by atoms with Gasteiger partial charge >= 0.3 is 5.97 Å². The third-order valence-electron chi connectivity index (χ3n) is 2.81. The highest BCUT2D eigenvalue weighted by molar-refractivity contribution is 7.89. The van der Waals surface area contributed by atoms with Crippen LogP contribution in [0.2, 0.25) is 0 Å². The second-order valence-electron chi connectivity index (χ2n) is 4.84. The number of carbonyl (C=O) groups excluding carboxylic acids is 1. The van der Waals surface area contributed by atoms with Crippen molar-refractivity contribution in [2.24, 2.45) is 0 Å². The quantitative estimate of drug-likeness (QED) is 0.637. The summed E-state index contributed by atoms with van der Waals surface area (Å²) in [5, 5.41) is 15.0. The highest BCUT2D eigenvalue weighted by Crippen LogP contribution is 2.18. The van der Waals surface area contributed by atoms with E-state index < -0.39 is 27.6 Å². The Kier molecular flexibility index (Phi) is 4.90. The van der Waals surface area contributed by atoms with Crippen molar-refractivity contribution in [2.75, 3.05) is 6.61 Å².